The molecule has 0 aliphatic carbocycles. The van der Waals surface area contributed by atoms with E-state index in [2.05, 4.69) is 10.2 Å². The highest BCUT2D eigenvalue weighted by molar-refractivity contribution is 5.31. The van der Waals surface area contributed by atoms with Crippen LogP contribution in [0, 0.1) is 0 Å². The second-order valence-corrected chi connectivity index (χ2v) is 3.34. The van der Waals surface area contributed by atoms with Crippen LogP contribution in [0.2, 0.25) is 0 Å². The summed E-state index contributed by atoms with van der Waals surface area (Å²) >= 11 is 0. The van der Waals surface area contributed by atoms with Crippen molar-refractivity contribution in [3.63, 3.8) is 0 Å². The van der Waals surface area contributed by atoms with Gasteiger partial charge in [-0.25, -0.2) is 0 Å². The molecule has 13 heavy (non-hydrogen) atoms. The molecule has 1 saturated heterocycles. The van der Waals surface area contributed by atoms with Gasteiger partial charge in [-0.05, 0) is 6.07 Å². The minimum atomic E-state index is 0.398. The molecule has 0 saturated carbocycles. The second-order valence-electron chi connectivity index (χ2n) is 3.34. The Labute approximate surface area is 78.0 Å². The Morgan fingerprint density at radius 1 is 1.38 bits per heavy atom. The number of benzene rings is 1. The number of phenolic OH excluding ortho intramolecular Hbond substituents is 1. The van der Waals surface area contributed by atoms with Gasteiger partial charge in [0.1, 0.15) is 5.75 Å². The Morgan fingerprint density at radius 3 is 2.92 bits per heavy atom. The molecule has 1 aromatic rings. The number of hydrogen-bond donors (Lipinski definition) is 2. The normalized spacial score (nSPS) is 17.8. The molecule has 0 unspecified atom stereocenters. The highest BCUT2D eigenvalue weighted by Crippen LogP contribution is 2.17. The fraction of sp³-hybridized carbons (Fsp3) is 0.400. The molecule has 3 heteroatoms. The van der Waals surface area contributed by atoms with E-state index in [0.29, 0.717) is 5.75 Å². The third-order valence-electron chi connectivity index (χ3n) is 2.33. The fourth-order valence-electron chi connectivity index (χ4n) is 1.57. The van der Waals surface area contributed by atoms with Gasteiger partial charge in [-0.15, -0.1) is 0 Å². The van der Waals surface area contributed by atoms with E-state index in [9.17, 15) is 5.11 Å². The van der Waals surface area contributed by atoms with Gasteiger partial charge >= 0.3 is 0 Å². The molecular formula is C10H14N2O. The predicted octanol–water partition coefficient (Wildman–Crippen LogP) is 0.755. The highest BCUT2D eigenvalue weighted by Gasteiger charge is 2.12. The van der Waals surface area contributed by atoms with E-state index in [-0.39, 0.29) is 0 Å². The molecule has 1 heterocycles. The van der Waals surface area contributed by atoms with Crippen molar-refractivity contribution >= 4 is 0 Å². The SMILES string of the molecule is Oc1ccccc1CN1CCNC1. The van der Waals surface area contributed by atoms with Crippen molar-refractivity contribution in [2.45, 2.75) is 6.54 Å². The van der Waals surface area contributed by atoms with Gasteiger partial charge in [0, 0.05) is 31.9 Å². The summed E-state index contributed by atoms with van der Waals surface area (Å²) in [6.45, 7) is 3.87. The largest absolute Gasteiger partial charge is 0.508 e. The Hall–Kier alpha value is -1.06. The number of phenols is 1. The van der Waals surface area contributed by atoms with Crippen molar-refractivity contribution in [1.82, 2.24) is 10.2 Å². The first-order valence-corrected chi connectivity index (χ1v) is 4.56. The molecule has 1 aromatic carbocycles. The third kappa shape index (κ3) is 1.99. The van der Waals surface area contributed by atoms with Gasteiger partial charge in [-0.2, -0.15) is 0 Å². The zero-order chi connectivity index (χ0) is 9.10. The molecule has 0 radical (unpaired) electrons. The lowest BCUT2D eigenvalue weighted by molar-refractivity contribution is 0.320. The minimum Gasteiger partial charge on any atom is -0.508 e. The molecule has 0 atom stereocenters. The van der Waals surface area contributed by atoms with Crippen LogP contribution >= 0.6 is 0 Å². The molecule has 0 bridgehead atoms. The van der Waals surface area contributed by atoms with Gasteiger partial charge in [-0.3, -0.25) is 4.90 Å². The van der Waals surface area contributed by atoms with Crippen molar-refractivity contribution in [2.24, 2.45) is 0 Å². The molecule has 0 aromatic heterocycles. The van der Waals surface area contributed by atoms with Crippen molar-refractivity contribution in [2.75, 3.05) is 19.8 Å². The van der Waals surface area contributed by atoms with Crippen LogP contribution in [-0.4, -0.2) is 29.8 Å². The van der Waals surface area contributed by atoms with Gasteiger partial charge in [0.15, 0.2) is 0 Å². The van der Waals surface area contributed by atoms with Gasteiger partial charge in [-0.1, -0.05) is 18.2 Å². The molecule has 70 valence electrons. The summed E-state index contributed by atoms with van der Waals surface area (Å²) in [5.74, 6) is 0.398. The van der Waals surface area contributed by atoms with Crippen molar-refractivity contribution in [1.29, 1.82) is 0 Å². The smallest absolute Gasteiger partial charge is 0.120 e. The van der Waals surface area contributed by atoms with E-state index in [1.165, 1.54) is 0 Å². The summed E-state index contributed by atoms with van der Waals surface area (Å²) in [7, 11) is 0. The molecule has 1 aliphatic heterocycles. The van der Waals surface area contributed by atoms with Gasteiger partial charge in [0.25, 0.3) is 0 Å². The highest BCUT2D eigenvalue weighted by atomic mass is 16.3. The lowest BCUT2D eigenvalue weighted by Gasteiger charge is -2.14. The fourth-order valence-corrected chi connectivity index (χ4v) is 1.57. The summed E-state index contributed by atoms with van der Waals surface area (Å²) in [4.78, 5) is 2.27. The minimum absolute atomic E-state index is 0.398. The third-order valence-corrected chi connectivity index (χ3v) is 2.33. The van der Waals surface area contributed by atoms with Crippen LogP contribution in [-0.2, 0) is 6.54 Å². The van der Waals surface area contributed by atoms with Crippen LogP contribution in [0.5, 0.6) is 5.75 Å². The maximum absolute atomic E-state index is 9.52. The number of para-hydroxylation sites is 1. The first-order valence-electron chi connectivity index (χ1n) is 4.56. The van der Waals surface area contributed by atoms with E-state index in [0.717, 1.165) is 31.9 Å². The summed E-state index contributed by atoms with van der Waals surface area (Å²) in [6.07, 6.45) is 0. The predicted molar refractivity (Wildman–Crippen MR) is 51.4 cm³/mol. The average Bonchev–Trinajstić information content (AvgIpc) is 2.61. The zero-order valence-electron chi connectivity index (χ0n) is 7.53. The summed E-state index contributed by atoms with van der Waals surface area (Å²) in [6, 6.07) is 7.51. The summed E-state index contributed by atoms with van der Waals surface area (Å²) in [5.41, 5.74) is 1.01. The Kier molecular flexibility index (Phi) is 2.47. The van der Waals surface area contributed by atoms with Gasteiger partial charge < -0.3 is 10.4 Å². The maximum Gasteiger partial charge on any atom is 0.120 e. The Bertz CT molecular complexity index is 282. The van der Waals surface area contributed by atoms with Crippen molar-refractivity contribution in [3.05, 3.63) is 29.8 Å². The lowest BCUT2D eigenvalue weighted by atomic mass is 10.2. The van der Waals surface area contributed by atoms with Gasteiger partial charge in [0.05, 0.1) is 0 Å². The molecule has 0 spiro atoms. The van der Waals surface area contributed by atoms with E-state index in [1.54, 1.807) is 6.07 Å². The van der Waals surface area contributed by atoms with Crippen LogP contribution in [0.15, 0.2) is 24.3 Å². The van der Waals surface area contributed by atoms with Gasteiger partial charge in [0.2, 0.25) is 0 Å². The number of nitrogens with one attached hydrogen (secondary N) is 1. The van der Waals surface area contributed by atoms with E-state index in [4.69, 9.17) is 0 Å². The van der Waals surface area contributed by atoms with Crippen LogP contribution in [0.4, 0.5) is 0 Å². The van der Waals surface area contributed by atoms with Crippen LogP contribution < -0.4 is 5.32 Å². The second kappa shape index (κ2) is 3.77. The standard InChI is InChI=1S/C10H14N2O/c13-10-4-2-1-3-9(10)7-12-6-5-11-8-12/h1-4,11,13H,5-8H2. The van der Waals surface area contributed by atoms with Crippen LogP contribution in [0.1, 0.15) is 5.56 Å². The molecule has 2 N–H and O–H groups in total. The molecule has 1 fully saturated rings. The number of rotatable bonds is 2. The number of nitrogens with zero attached hydrogens (tertiary/aromatic N) is 1. The molecule has 1 aliphatic rings. The van der Waals surface area contributed by atoms with E-state index < -0.39 is 0 Å². The van der Waals surface area contributed by atoms with E-state index in [1.807, 2.05) is 18.2 Å². The number of hydrogen-bond acceptors (Lipinski definition) is 3. The maximum atomic E-state index is 9.52. The zero-order valence-corrected chi connectivity index (χ0v) is 7.53. The van der Waals surface area contributed by atoms with E-state index >= 15 is 0 Å². The Balaban J connectivity index is 2.04. The lowest BCUT2D eigenvalue weighted by Crippen LogP contribution is -2.21. The summed E-state index contributed by atoms with van der Waals surface area (Å²) < 4.78 is 0. The average molecular weight is 178 g/mol. The number of aromatic hydroxyl groups is 1. The molecule has 3 nitrogen and oxygen atoms in total. The van der Waals surface area contributed by atoms with Crippen LogP contribution in [0.25, 0.3) is 0 Å². The molecule has 2 rings (SSSR count). The first kappa shape index (κ1) is 8.53. The molecule has 0 amide bonds. The van der Waals surface area contributed by atoms with Crippen molar-refractivity contribution in [3.8, 4) is 5.75 Å². The van der Waals surface area contributed by atoms with Crippen molar-refractivity contribution < 1.29 is 5.11 Å². The van der Waals surface area contributed by atoms with Crippen LogP contribution in [0.3, 0.4) is 0 Å². The Morgan fingerprint density at radius 2 is 2.23 bits per heavy atom. The molecular weight excluding hydrogens is 164 g/mol. The monoisotopic (exact) mass is 178 g/mol. The summed E-state index contributed by atoms with van der Waals surface area (Å²) in [5, 5.41) is 12.8. The topological polar surface area (TPSA) is 35.5 Å². The quantitative estimate of drug-likeness (QED) is 0.701. The first-order chi connectivity index (χ1) is 6.36.